The van der Waals surface area contributed by atoms with E-state index in [9.17, 15) is 0 Å². The monoisotopic (exact) mass is 180 g/mol. The van der Waals surface area contributed by atoms with E-state index >= 15 is 0 Å². The van der Waals surface area contributed by atoms with Crippen molar-refractivity contribution in [2.45, 2.75) is 0 Å². The molecule has 13 heavy (non-hydrogen) atoms. The van der Waals surface area contributed by atoms with E-state index in [4.69, 9.17) is 10.5 Å². The highest BCUT2D eigenvalue weighted by Gasteiger charge is 1.98. The van der Waals surface area contributed by atoms with Crippen LogP contribution in [0.2, 0.25) is 0 Å². The molecule has 0 aliphatic carbocycles. The van der Waals surface area contributed by atoms with Crippen molar-refractivity contribution in [2.75, 3.05) is 37.9 Å². The van der Waals surface area contributed by atoms with Crippen LogP contribution in [-0.4, -0.2) is 27.3 Å². The van der Waals surface area contributed by atoms with Crippen molar-refractivity contribution in [1.82, 2.24) is 0 Å². The first-order valence-electron chi connectivity index (χ1n) is 4.29. The van der Waals surface area contributed by atoms with Crippen LogP contribution in [0.4, 0.5) is 11.4 Å². The predicted octanol–water partition coefficient (Wildman–Crippen LogP) is 1.35. The summed E-state index contributed by atoms with van der Waals surface area (Å²) in [6.45, 7) is 1.63. The van der Waals surface area contributed by atoms with Crippen LogP contribution in [0.1, 0.15) is 0 Å². The van der Waals surface area contributed by atoms with Crippen molar-refractivity contribution in [3.63, 3.8) is 0 Å². The maximum absolute atomic E-state index is 5.58. The van der Waals surface area contributed by atoms with Crippen molar-refractivity contribution in [1.29, 1.82) is 0 Å². The zero-order valence-electron chi connectivity index (χ0n) is 8.16. The first-order valence-corrected chi connectivity index (χ1v) is 4.29. The molecular weight excluding hydrogens is 164 g/mol. The Morgan fingerprint density at radius 2 is 1.92 bits per heavy atom. The fourth-order valence-electron chi connectivity index (χ4n) is 1.09. The van der Waals surface area contributed by atoms with Crippen molar-refractivity contribution in [2.24, 2.45) is 0 Å². The molecular formula is C10H16N2O. The smallest absolute Gasteiger partial charge is 0.0637 e. The predicted molar refractivity (Wildman–Crippen MR) is 56.0 cm³/mol. The van der Waals surface area contributed by atoms with Crippen molar-refractivity contribution < 1.29 is 4.74 Å². The van der Waals surface area contributed by atoms with Crippen LogP contribution in [0.15, 0.2) is 24.3 Å². The Kier molecular flexibility index (Phi) is 3.58. The van der Waals surface area contributed by atoms with Gasteiger partial charge in [-0.3, -0.25) is 0 Å². The summed E-state index contributed by atoms with van der Waals surface area (Å²) in [5, 5.41) is 0. The first kappa shape index (κ1) is 9.86. The minimum absolute atomic E-state index is 0.737. The van der Waals surface area contributed by atoms with E-state index in [0.29, 0.717) is 0 Å². The second-order valence-electron chi connectivity index (χ2n) is 3.01. The van der Waals surface area contributed by atoms with Gasteiger partial charge in [0.05, 0.1) is 6.61 Å². The number of likely N-dealkylation sites (N-methyl/N-ethyl adjacent to an activating group) is 1. The van der Waals surface area contributed by atoms with E-state index in [1.54, 1.807) is 7.11 Å². The van der Waals surface area contributed by atoms with Gasteiger partial charge in [-0.05, 0) is 24.3 Å². The lowest BCUT2D eigenvalue weighted by atomic mass is 10.2. The van der Waals surface area contributed by atoms with E-state index in [-0.39, 0.29) is 0 Å². The molecule has 0 saturated carbocycles. The molecule has 0 amide bonds. The third-order valence-corrected chi connectivity index (χ3v) is 1.96. The number of ether oxygens (including phenoxy) is 1. The third-order valence-electron chi connectivity index (χ3n) is 1.96. The van der Waals surface area contributed by atoms with Crippen molar-refractivity contribution >= 4 is 11.4 Å². The van der Waals surface area contributed by atoms with Crippen LogP contribution < -0.4 is 10.6 Å². The normalized spacial score (nSPS) is 10.0. The first-order chi connectivity index (χ1) is 6.24. The molecule has 0 aliphatic rings. The molecule has 0 radical (unpaired) electrons. The molecule has 2 N–H and O–H groups in total. The maximum Gasteiger partial charge on any atom is 0.0637 e. The Balaban J connectivity index is 2.55. The molecule has 1 aromatic rings. The molecule has 0 aromatic heterocycles. The summed E-state index contributed by atoms with van der Waals surface area (Å²) in [6.07, 6.45) is 0. The Labute approximate surface area is 79.1 Å². The molecule has 72 valence electrons. The molecule has 1 aromatic carbocycles. The zero-order chi connectivity index (χ0) is 9.68. The topological polar surface area (TPSA) is 38.5 Å². The lowest BCUT2D eigenvalue weighted by Crippen LogP contribution is -2.21. The second kappa shape index (κ2) is 4.72. The minimum Gasteiger partial charge on any atom is -0.399 e. The number of hydrogen-bond acceptors (Lipinski definition) is 3. The molecule has 0 spiro atoms. The summed E-state index contributed by atoms with van der Waals surface area (Å²) >= 11 is 0. The van der Waals surface area contributed by atoms with E-state index in [0.717, 1.165) is 24.5 Å². The Hall–Kier alpha value is -1.22. The van der Waals surface area contributed by atoms with Gasteiger partial charge >= 0.3 is 0 Å². The Morgan fingerprint density at radius 1 is 1.31 bits per heavy atom. The maximum atomic E-state index is 5.58. The van der Waals surface area contributed by atoms with Gasteiger partial charge in [-0.15, -0.1) is 0 Å². The van der Waals surface area contributed by atoms with Gasteiger partial charge in [-0.25, -0.2) is 0 Å². The summed E-state index contributed by atoms with van der Waals surface area (Å²) in [7, 11) is 3.74. The van der Waals surface area contributed by atoms with Gasteiger partial charge in [0, 0.05) is 32.1 Å². The molecule has 0 aliphatic heterocycles. The SMILES string of the molecule is COCCN(C)c1ccc(N)cc1. The molecule has 0 atom stereocenters. The summed E-state index contributed by atoms with van der Waals surface area (Å²) in [5.74, 6) is 0. The highest BCUT2D eigenvalue weighted by Crippen LogP contribution is 2.13. The quantitative estimate of drug-likeness (QED) is 0.711. The standard InChI is InChI=1S/C10H16N2O/c1-12(7-8-13-2)10-5-3-9(11)4-6-10/h3-6H,7-8,11H2,1-2H3. The highest BCUT2D eigenvalue weighted by atomic mass is 16.5. The van der Waals surface area contributed by atoms with Crippen molar-refractivity contribution in [3.8, 4) is 0 Å². The van der Waals surface area contributed by atoms with Gasteiger partial charge in [-0.2, -0.15) is 0 Å². The Bertz CT molecular complexity index is 246. The summed E-state index contributed by atoms with van der Waals surface area (Å²) in [5.41, 5.74) is 7.54. The zero-order valence-corrected chi connectivity index (χ0v) is 8.16. The van der Waals surface area contributed by atoms with Gasteiger partial charge in [0.2, 0.25) is 0 Å². The molecule has 0 unspecified atom stereocenters. The average molecular weight is 180 g/mol. The lowest BCUT2D eigenvalue weighted by molar-refractivity contribution is 0.206. The number of rotatable bonds is 4. The van der Waals surface area contributed by atoms with E-state index in [2.05, 4.69) is 4.90 Å². The molecule has 1 rings (SSSR count). The van der Waals surface area contributed by atoms with Crippen LogP contribution in [0.5, 0.6) is 0 Å². The van der Waals surface area contributed by atoms with E-state index in [1.807, 2.05) is 31.3 Å². The fourth-order valence-corrected chi connectivity index (χ4v) is 1.09. The minimum atomic E-state index is 0.737. The molecule has 0 bridgehead atoms. The summed E-state index contributed by atoms with van der Waals surface area (Å²) in [6, 6.07) is 7.81. The van der Waals surface area contributed by atoms with Crippen LogP contribution in [-0.2, 0) is 4.74 Å². The number of nitrogen functional groups attached to an aromatic ring is 1. The summed E-state index contributed by atoms with van der Waals surface area (Å²) in [4.78, 5) is 2.13. The van der Waals surface area contributed by atoms with Crippen LogP contribution in [0.3, 0.4) is 0 Å². The molecule has 3 heteroatoms. The van der Waals surface area contributed by atoms with Crippen LogP contribution >= 0.6 is 0 Å². The van der Waals surface area contributed by atoms with Gasteiger partial charge in [0.25, 0.3) is 0 Å². The van der Waals surface area contributed by atoms with Gasteiger partial charge in [-0.1, -0.05) is 0 Å². The van der Waals surface area contributed by atoms with E-state index in [1.165, 1.54) is 0 Å². The number of nitrogens with two attached hydrogens (primary N) is 1. The third kappa shape index (κ3) is 2.95. The van der Waals surface area contributed by atoms with Gasteiger partial charge < -0.3 is 15.4 Å². The number of methoxy groups -OCH3 is 1. The summed E-state index contributed by atoms with van der Waals surface area (Å²) < 4.78 is 4.99. The average Bonchev–Trinajstić information content (AvgIpc) is 2.15. The molecule has 3 nitrogen and oxygen atoms in total. The lowest BCUT2D eigenvalue weighted by Gasteiger charge is -2.18. The highest BCUT2D eigenvalue weighted by molar-refractivity contribution is 5.52. The van der Waals surface area contributed by atoms with Gasteiger partial charge in [0.15, 0.2) is 0 Å². The van der Waals surface area contributed by atoms with Gasteiger partial charge in [0.1, 0.15) is 0 Å². The van der Waals surface area contributed by atoms with Crippen LogP contribution in [0, 0.1) is 0 Å². The van der Waals surface area contributed by atoms with E-state index < -0.39 is 0 Å². The number of anilines is 2. The fraction of sp³-hybridized carbons (Fsp3) is 0.400. The largest absolute Gasteiger partial charge is 0.399 e. The second-order valence-corrected chi connectivity index (χ2v) is 3.01. The molecule has 0 saturated heterocycles. The number of benzene rings is 1. The Morgan fingerprint density at radius 3 is 2.46 bits per heavy atom. The van der Waals surface area contributed by atoms with Crippen molar-refractivity contribution in [3.05, 3.63) is 24.3 Å². The number of nitrogens with zero attached hydrogens (tertiary/aromatic N) is 1. The van der Waals surface area contributed by atoms with Crippen LogP contribution in [0.25, 0.3) is 0 Å². The number of hydrogen-bond donors (Lipinski definition) is 1. The molecule has 0 heterocycles. The molecule has 0 fully saturated rings.